The highest BCUT2D eigenvalue weighted by molar-refractivity contribution is 6.35. The molecule has 4 rings (SSSR count). The van der Waals surface area contributed by atoms with Crippen molar-refractivity contribution in [2.45, 2.75) is 63.8 Å². The van der Waals surface area contributed by atoms with Crippen molar-refractivity contribution < 1.29 is 0 Å². The molecule has 4 nitrogen and oxygen atoms in total. The third kappa shape index (κ3) is 4.24. The van der Waals surface area contributed by atoms with Crippen LogP contribution in [0.3, 0.4) is 0 Å². The van der Waals surface area contributed by atoms with E-state index in [4.69, 9.17) is 33.2 Å². The third-order valence-electron chi connectivity index (χ3n) is 5.25. The predicted molar refractivity (Wildman–Crippen MR) is 109 cm³/mol. The van der Waals surface area contributed by atoms with Crippen molar-refractivity contribution in [3.8, 4) is 0 Å². The smallest absolute Gasteiger partial charge is 0.229 e. The van der Waals surface area contributed by atoms with Crippen molar-refractivity contribution in [2.75, 3.05) is 10.6 Å². The van der Waals surface area contributed by atoms with Crippen LogP contribution in [0.5, 0.6) is 0 Å². The molecule has 1 heterocycles. The van der Waals surface area contributed by atoms with E-state index in [9.17, 15) is 0 Å². The zero-order valence-electron chi connectivity index (χ0n) is 14.8. The Hall–Kier alpha value is -1.52. The first kappa shape index (κ1) is 17.9. The van der Waals surface area contributed by atoms with E-state index in [-0.39, 0.29) is 0 Å². The Morgan fingerprint density at radius 2 is 1.58 bits per heavy atom. The molecule has 2 aliphatic carbocycles. The van der Waals surface area contributed by atoms with Gasteiger partial charge in [0.05, 0.1) is 5.69 Å². The first-order valence-corrected chi connectivity index (χ1v) is 10.3. The molecule has 0 bridgehead atoms. The summed E-state index contributed by atoms with van der Waals surface area (Å²) >= 11 is 12.2. The van der Waals surface area contributed by atoms with Crippen molar-refractivity contribution in [2.24, 2.45) is 0 Å². The van der Waals surface area contributed by atoms with Gasteiger partial charge < -0.3 is 10.6 Å². The molecule has 1 saturated carbocycles. The summed E-state index contributed by atoms with van der Waals surface area (Å²) in [7, 11) is 0. The molecule has 0 unspecified atom stereocenters. The molecule has 0 amide bonds. The van der Waals surface area contributed by atoms with E-state index in [1.165, 1.54) is 56.2 Å². The minimum Gasteiger partial charge on any atom is -0.367 e. The molecule has 1 aromatic carbocycles. The van der Waals surface area contributed by atoms with Crippen molar-refractivity contribution in [3.05, 3.63) is 39.5 Å². The minimum atomic E-state index is 0.526. The number of fused-ring (bicyclic) bond motifs is 1. The summed E-state index contributed by atoms with van der Waals surface area (Å²) in [6.07, 6.45) is 10.9. The molecule has 6 heteroatoms. The minimum absolute atomic E-state index is 0.526. The van der Waals surface area contributed by atoms with Crippen molar-refractivity contribution in [1.82, 2.24) is 9.97 Å². The molecular formula is C20H24Cl2N4. The highest BCUT2D eigenvalue weighted by atomic mass is 35.5. The lowest BCUT2D eigenvalue weighted by molar-refractivity contribution is 0.461. The van der Waals surface area contributed by atoms with Gasteiger partial charge in [0.25, 0.3) is 0 Å². The second kappa shape index (κ2) is 8.01. The highest BCUT2D eigenvalue weighted by Gasteiger charge is 2.21. The van der Waals surface area contributed by atoms with E-state index in [0.29, 0.717) is 22.0 Å². The van der Waals surface area contributed by atoms with E-state index >= 15 is 0 Å². The number of hydrogen-bond acceptors (Lipinski definition) is 4. The van der Waals surface area contributed by atoms with Crippen molar-refractivity contribution >= 4 is 40.7 Å². The van der Waals surface area contributed by atoms with Crippen molar-refractivity contribution in [1.29, 1.82) is 0 Å². The topological polar surface area (TPSA) is 49.8 Å². The predicted octanol–water partition coefficient (Wildman–Crippen LogP) is 6.15. The quantitative estimate of drug-likeness (QED) is 0.656. The normalized spacial score (nSPS) is 17.6. The van der Waals surface area contributed by atoms with Gasteiger partial charge in [-0.3, -0.25) is 0 Å². The molecule has 2 N–H and O–H groups in total. The van der Waals surface area contributed by atoms with Gasteiger partial charge in [-0.15, -0.1) is 0 Å². The molecule has 0 radical (unpaired) electrons. The number of hydrogen-bond donors (Lipinski definition) is 2. The SMILES string of the molecule is Clc1cc(Cl)cc(Nc2nc3c(c(NC4CCCCC4)n2)CCCC3)c1. The second-order valence-electron chi connectivity index (χ2n) is 7.29. The van der Waals surface area contributed by atoms with Crippen molar-refractivity contribution in [3.63, 3.8) is 0 Å². The lowest BCUT2D eigenvalue weighted by Crippen LogP contribution is -2.25. The third-order valence-corrected chi connectivity index (χ3v) is 5.68. The van der Waals surface area contributed by atoms with Crippen LogP contribution in [-0.2, 0) is 12.8 Å². The number of nitrogens with zero attached hydrogens (tertiary/aromatic N) is 2. The number of aryl methyl sites for hydroxylation is 1. The first-order valence-electron chi connectivity index (χ1n) is 9.57. The van der Waals surface area contributed by atoms with Gasteiger partial charge in [0.15, 0.2) is 0 Å². The van der Waals surface area contributed by atoms with Crippen LogP contribution in [0.1, 0.15) is 56.2 Å². The summed E-state index contributed by atoms with van der Waals surface area (Å²) in [6.45, 7) is 0. The molecule has 0 atom stereocenters. The summed E-state index contributed by atoms with van der Waals surface area (Å²) < 4.78 is 0. The Balaban J connectivity index is 1.63. The maximum atomic E-state index is 6.11. The molecule has 2 aliphatic rings. The molecule has 1 fully saturated rings. The summed E-state index contributed by atoms with van der Waals surface area (Å²) in [5, 5.41) is 8.19. The maximum absolute atomic E-state index is 6.11. The van der Waals surface area contributed by atoms with Crippen LogP contribution < -0.4 is 10.6 Å². The molecule has 1 aromatic heterocycles. The zero-order valence-corrected chi connectivity index (χ0v) is 16.3. The van der Waals surface area contributed by atoms with E-state index in [2.05, 4.69) is 10.6 Å². The van der Waals surface area contributed by atoms with Crippen LogP contribution in [0.25, 0.3) is 0 Å². The molecule has 26 heavy (non-hydrogen) atoms. The Morgan fingerprint density at radius 3 is 2.35 bits per heavy atom. The molecule has 0 saturated heterocycles. The van der Waals surface area contributed by atoms with E-state index in [0.717, 1.165) is 24.3 Å². The summed E-state index contributed by atoms with van der Waals surface area (Å²) in [6, 6.07) is 5.92. The van der Waals surface area contributed by atoms with Gasteiger partial charge in [-0.05, 0) is 56.7 Å². The highest BCUT2D eigenvalue weighted by Crippen LogP contribution is 2.31. The van der Waals surface area contributed by atoms with Gasteiger partial charge in [-0.2, -0.15) is 4.98 Å². The van der Waals surface area contributed by atoms with E-state index in [1.54, 1.807) is 6.07 Å². The fourth-order valence-corrected chi connectivity index (χ4v) is 4.49. The number of halogens is 2. The van der Waals surface area contributed by atoms with Gasteiger partial charge in [-0.25, -0.2) is 4.98 Å². The lowest BCUT2D eigenvalue weighted by Gasteiger charge is -2.26. The zero-order chi connectivity index (χ0) is 17.9. The Morgan fingerprint density at radius 1 is 0.846 bits per heavy atom. The largest absolute Gasteiger partial charge is 0.367 e. The summed E-state index contributed by atoms with van der Waals surface area (Å²) in [5.41, 5.74) is 3.28. The first-order chi connectivity index (χ1) is 12.7. The number of rotatable bonds is 4. The Kier molecular flexibility index (Phi) is 5.51. The molecular weight excluding hydrogens is 367 g/mol. The van der Waals surface area contributed by atoms with Crippen LogP contribution in [0, 0.1) is 0 Å². The number of anilines is 3. The van der Waals surface area contributed by atoms with Crippen LogP contribution in [-0.4, -0.2) is 16.0 Å². The number of benzene rings is 1. The fourth-order valence-electron chi connectivity index (χ4n) is 3.96. The monoisotopic (exact) mass is 390 g/mol. The molecule has 0 spiro atoms. The number of nitrogens with one attached hydrogen (secondary N) is 2. The van der Waals surface area contributed by atoms with Crippen LogP contribution in [0.15, 0.2) is 18.2 Å². The fraction of sp³-hybridized carbons (Fsp3) is 0.500. The lowest BCUT2D eigenvalue weighted by atomic mass is 9.93. The van der Waals surface area contributed by atoms with Crippen LogP contribution in [0.4, 0.5) is 17.5 Å². The van der Waals surface area contributed by atoms with E-state index in [1.807, 2.05) is 12.1 Å². The van der Waals surface area contributed by atoms with Gasteiger partial charge in [0.2, 0.25) is 5.95 Å². The Labute approximate surface area is 164 Å². The summed E-state index contributed by atoms with van der Waals surface area (Å²) in [5.74, 6) is 1.62. The van der Waals surface area contributed by atoms with Gasteiger partial charge in [0, 0.05) is 27.3 Å². The van der Waals surface area contributed by atoms with Crippen LogP contribution in [0.2, 0.25) is 10.0 Å². The second-order valence-corrected chi connectivity index (χ2v) is 8.16. The molecule has 2 aromatic rings. The average Bonchev–Trinajstić information content (AvgIpc) is 2.62. The van der Waals surface area contributed by atoms with Gasteiger partial charge in [0.1, 0.15) is 5.82 Å². The van der Waals surface area contributed by atoms with Gasteiger partial charge in [-0.1, -0.05) is 42.5 Å². The van der Waals surface area contributed by atoms with Gasteiger partial charge >= 0.3 is 0 Å². The number of aromatic nitrogens is 2. The Bertz CT molecular complexity index is 767. The standard InChI is InChI=1S/C20H24Cl2N4/c21-13-10-14(22)12-16(11-13)24-20-25-18-9-5-4-8-17(18)19(26-20)23-15-6-2-1-3-7-15/h10-12,15H,1-9H2,(H2,23,24,25,26). The molecule has 0 aliphatic heterocycles. The summed E-state index contributed by atoms with van der Waals surface area (Å²) in [4.78, 5) is 9.59. The van der Waals surface area contributed by atoms with Crippen LogP contribution >= 0.6 is 23.2 Å². The maximum Gasteiger partial charge on any atom is 0.229 e. The molecule has 138 valence electrons. The average molecular weight is 391 g/mol. The van der Waals surface area contributed by atoms with E-state index < -0.39 is 0 Å².